The van der Waals surface area contributed by atoms with Gasteiger partial charge in [-0.1, -0.05) is 0 Å². The first-order valence-electron chi connectivity index (χ1n) is 2.30. The van der Waals surface area contributed by atoms with E-state index in [1.54, 1.807) is 0 Å². The Labute approximate surface area is 71.5 Å². The van der Waals surface area contributed by atoms with Gasteiger partial charge in [0.15, 0.2) is 0 Å². The predicted molar refractivity (Wildman–Crippen MR) is 21.2 cm³/mol. The van der Waals surface area contributed by atoms with E-state index in [1.165, 1.54) is 31.4 Å². The molecule has 1 nitrogen and oxygen atoms in total. The Hall–Kier alpha value is 1.31. The second kappa shape index (κ2) is 3.36. The Bertz CT molecular complexity index is 47.7. The van der Waals surface area contributed by atoms with Crippen LogP contribution in [-0.2, 0) is 18.3 Å². The molecular formula is C4H8INZn. The van der Waals surface area contributed by atoms with E-state index in [-0.39, 0.29) is 24.0 Å². The van der Waals surface area contributed by atoms with E-state index in [0.29, 0.717) is 0 Å². The van der Waals surface area contributed by atoms with Crippen LogP contribution in [0.1, 0.15) is 0 Å². The van der Waals surface area contributed by atoms with Crippen molar-refractivity contribution in [2.24, 2.45) is 0 Å². The van der Waals surface area contributed by atoms with Crippen LogP contribution in [0.2, 0.25) is 4.51 Å². The van der Waals surface area contributed by atoms with E-state index in [1.807, 2.05) is 0 Å². The van der Waals surface area contributed by atoms with Crippen molar-refractivity contribution in [1.29, 1.82) is 0 Å². The SMILES string of the molecule is CN1C[CH]([Zn+])C1.[I-]. The van der Waals surface area contributed by atoms with Gasteiger partial charge in [0.05, 0.1) is 0 Å². The summed E-state index contributed by atoms with van der Waals surface area (Å²) in [6.45, 7) is 2.72. The number of likely N-dealkylation sites (tertiary alicyclic amines) is 1. The summed E-state index contributed by atoms with van der Waals surface area (Å²) >= 11 is 1.49. The van der Waals surface area contributed by atoms with Crippen LogP contribution in [0.15, 0.2) is 0 Å². The molecule has 1 heterocycles. The summed E-state index contributed by atoms with van der Waals surface area (Å²) in [5.74, 6) is 0. The number of hydrogen-bond acceptors (Lipinski definition) is 1. The fraction of sp³-hybridized carbons (Fsp3) is 1.00. The maximum absolute atomic E-state index is 2.36. The maximum atomic E-state index is 2.36. The molecule has 0 bridgehead atoms. The van der Waals surface area contributed by atoms with Gasteiger partial charge in [-0.05, 0) is 0 Å². The summed E-state index contributed by atoms with van der Waals surface area (Å²) in [6.07, 6.45) is 0. The fourth-order valence-electron chi connectivity index (χ4n) is 0.828. The van der Waals surface area contributed by atoms with Crippen molar-refractivity contribution in [3.63, 3.8) is 0 Å². The molecule has 0 aromatic rings. The predicted octanol–water partition coefficient (Wildman–Crippen LogP) is -2.73. The van der Waals surface area contributed by atoms with Gasteiger partial charge in [0.1, 0.15) is 0 Å². The third kappa shape index (κ3) is 2.38. The third-order valence-electron chi connectivity index (χ3n) is 1.14. The van der Waals surface area contributed by atoms with E-state index in [9.17, 15) is 0 Å². The monoisotopic (exact) mass is 261 g/mol. The molecule has 1 fully saturated rings. The molecule has 0 radical (unpaired) electrons. The van der Waals surface area contributed by atoms with Gasteiger partial charge in [0, 0.05) is 0 Å². The molecule has 1 aliphatic rings. The quantitative estimate of drug-likeness (QED) is 0.338. The zero-order valence-corrected chi connectivity index (χ0v) is 9.65. The van der Waals surface area contributed by atoms with E-state index in [0.717, 1.165) is 4.51 Å². The van der Waals surface area contributed by atoms with Crippen molar-refractivity contribution in [3.8, 4) is 0 Å². The number of nitrogens with zero attached hydrogens (tertiary/aromatic N) is 1. The number of rotatable bonds is 0. The van der Waals surface area contributed by atoms with Crippen LogP contribution in [0, 0.1) is 0 Å². The zero-order valence-electron chi connectivity index (χ0n) is 4.52. The van der Waals surface area contributed by atoms with E-state index < -0.39 is 0 Å². The van der Waals surface area contributed by atoms with Crippen LogP contribution in [0.5, 0.6) is 0 Å². The zero-order chi connectivity index (χ0) is 4.57. The summed E-state index contributed by atoms with van der Waals surface area (Å²) in [5.41, 5.74) is 0. The van der Waals surface area contributed by atoms with Crippen molar-refractivity contribution < 1.29 is 42.3 Å². The first kappa shape index (κ1) is 8.31. The molecular weight excluding hydrogens is 254 g/mol. The topological polar surface area (TPSA) is 3.24 Å². The molecule has 0 aromatic carbocycles. The third-order valence-corrected chi connectivity index (χ3v) is 2.22. The maximum Gasteiger partial charge on any atom is -1.00 e. The van der Waals surface area contributed by atoms with Crippen LogP contribution >= 0.6 is 0 Å². The van der Waals surface area contributed by atoms with Crippen molar-refractivity contribution in [1.82, 2.24) is 4.90 Å². The molecule has 0 atom stereocenters. The van der Waals surface area contributed by atoms with Crippen molar-refractivity contribution in [2.45, 2.75) is 4.51 Å². The Morgan fingerprint density at radius 3 is 2.00 bits per heavy atom. The molecule has 1 rings (SSSR count). The molecule has 0 N–H and O–H groups in total. The minimum absolute atomic E-state index is 0. The molecule has 0 aromatic heterocycles. The van der Waals surface area contributed by atoms with Crippen LogP contribution in [0.25, 0.3) is 0 Å². The summed E-state index contributed by atoms with van der Waals surface area (Å²) in [6, 6.07) is 0. The van der Waals surface area contributed by atoms with Gasteiger partial charge in [-0.3, -0.25) is 0 Å². The van der Waals surface area contributed by atoms with Gasteiger partial charge in [0.25, 0.3) is 0 Å². The van der Waals surface area contributed by atoms with Crippen molar-refractivity contribution in [2.75, 3.05) is 20.1 Å². The Morgan fingerprint density at radius 1 is 1.57 bits per heavy atom. The second-order valence-electron chi connectivity index (χ2n) is 2.09. The van der Waals surface area contributed by atoms with Crippen molar-refractivity contribution in [3.05, 3.63) is 0 Å². The smallest absolute Gasteiger partial charge is 1.00 e. The molecule has 0 saturated carbocycles. The van der Waals surface area contributed by atoms with Gasteiger partial charge < -0.3 is 24.0 Å². The molecule has 38 valence electrons. The second-order valence-corrected chi connectivity index (χ2v) is 4.51. The van der Waals surface area contributed by atoms with Gasteiger partial charge in [-0.25, -0.2) is 0 Å². The average molecular weight is 262 g/mol. The van der Waals surface area contributed by atoms with E-state index in [2.05, 4.69) is 11.9 Å². The summed E-state index contributed by atoms with van der Waals surface area (Å²) in [5, 5.41) is 0. The Morgan fingerprint density at radius 2 is 2.00 bits per heavy atom. The Balaban J connectivity index is 0.000000360. The first-order chi connectivity index (χ1) is 2.79. The fourth-order valence-corrected chi connectivity index (χ4v) is 2.68. The summed E-state index contributed by atoms with van der Waals surface area (Å²) in [4.78, 5) is 2.36. The summed E-state index contributed by atoms with van der Waals surface area (Å²) < 4.78 is 1.09. The van der Waals surface area contributed by atoms with E-state index in [4.69, 9.17) is 0 Å². The molecule has 0 unspecified atom stereocenters. The molecule has 0 spiro atoms. The number of halogens is 1. The summed E-state index contributed by atoms with van der Waals surface area (Å²) in [7, 11) is 2.17. The van der Waals surface area contributed by atoms with Gasteiger partial charge in [-0.2, -0.15) is 0 Å². The largest absolute Gasteiger partial charge is 1.00 e. The number of hydrogen-bond donors (Lipinski definition) is 0. The van der Waals surface area contributed by atoms with Crippen LogP contribution in [0.4, 0.5) is 0 Å². The molecule has 3 heteroatoms. The molecule has 0 amide bonds. The first-order valence-corrected chi connectivity index (χ1v) is 4.02. The van der Waals surface area contributed by atoms with E-state index >= 15 is 0 Å². The van der Waals surface area contributed by atoms with Crippen LogP contribution in [-0.4, -0.2) is 25.0 Å². The average Bonchev–Trinajstić information content (AvgIpc) is 1.33. The van der Waals surface area contributed by atoms with Gasteiger partial charge in [0.2, 0.25) is 0 Å². The molecule has 1 saturated heterocycles. The molecule has 1 aliphatic heterocycles. The normalized spacial score (nSPS) is 23.3. The van der Waals surface area contributed by atoms with Crippen molar-refractivity contribution >= 4 is 0 Å². The minimum atomic E-state index is 0. The standard InChI is InChI=1S/C4H8N.HI.Zn/c1-5-3-2-4-5;;/h2H,3-4H2,1H3;1H;/q;;+1/p-1. The molecule has 7 heavy (non-hydrogen) atoms. The minimum Gasteiger partial charge on any atom is -1.00 e. The van der Waals surface area contributed by atoms with Gasteiger partial charge in [-0.15, -0.1) is 0 Å². The molecule has 0 aliphatic carbocycles. The van der Waals surface area contributed by atoms with Crippen LogP contribution in [0.3, 0.4) is 0 Å². The Kier molecular flexibility index (Phi) is 3.99. The van der Waals surface area contributed by atoms with Gasteiger partial charge >= 0.3 is 47.9 Å². The van der Waals surface area contributed by atoms with Crippen LogP contribution < -0.4 is 24.0 Å².